The molecule has 2 aromatic carbocycles. The van der Waals surface area contributed by atoms with Gasteiger partial charge in [0, 0.05) is 17.7 Å². The minimum Gasteiger partial charge on any atom is -0.508 e. The van der Waals surface area contributed by atoms with Crippen molar-refractivity contribution < 1.29 is 79.5 Å². The van der Waals surface area contributed by atoms with E-state index in [1.165, 1.54) is 6.07 Å². The van der Waals surface area contributed by atoms with Crippen molar-refractivity contribution in [1.29, 1.82) is 0 Å². The van der Waals surface area contributed by atoms with Gasteiger partial charge in [0.2, 0.25) is 17.5 Å². The second-order valence-electron chi connectivity index (χ2n) is 10.3. The fraction of sp³-hybridized carbons (Fsp3) is 0.444. The fourth-order valence-corrected chi connectivity index (χ4v) is 4.89. The molecule has 0 amide bonds. The van der Waals surface area contributed by atoms with E-state index in [9.17, 15) is 61.0 Å². The first-order chi connectivity index (χ1) is 20.8. The molecule has 5 rings (SSSR count). The predicted molar refractivity (Wildman–Crippen MR) is 142 cm³/mol. The molecule has 0 aliphatic carbocycles. The summed E-state index contributed by atoms with van der Waals surface area (Å²) in [4.78, 5) is 13.6. The maximum Gasteiger partial charge on any atom is 0.239 e. The minimum atomic E-state index is -2.00. The molecule has 11 N–H and O–H groups in total. The number of aliphatic hydroxyl groups is 7. The Balaban J connectivity index is 1.47. The zero-order valence-electron chi connectivity index (χ0n) is 22.4. The van der Waals surface area contributed by atoms with Crippen LogP contribution in [0.1, 0.15) is 0 Å². The zero-order chi connectivity index (χ0) is 32.0. The zero-order valence-corrected chi connectivity index (χ0v) is 22.4. The Bertz CT molecular complexity index is 1560. The first-order valence-electron chi connectivity index (χ1n) is 13.2. The van der Waals surface area contributed by atoms with Crippen molar-refractivity contribution in [2.24, 2.45) is 0 Å². The van der Waals surface area contributed by atoms with E-state index in [0.29, 0.717) is 0 Å². The number of phenols is 4. The van der Waals surface area contributed by atoms with Crippen LogP contribution in [0.15, 0.2) is 39.5 Å². The highest BCUT2D eigenvalue weighted by Gasteiger charge is 2.48. The Morgan fingerprint density at radius 3 is 2.00 bits per heavy atom. The third kappa shape index (κ3) is 5.73. The fourth-order valence-electron chi connectivity index (χ4n) is 4.89. The lowest BCUT2D eigenvalue weighted by Gasteiger charge is -2.42. The Kier molecular flexibility index (Phi) is 8.87. The number of hydrogen-bond acceptors (Lipinski definition) is 17. The van der Waals surface area contributed by atoms with E-state index < -0.39 is 120 Å². The molecular weight excluding hydrogens is 596 g/mol. The van der Waals surface area contributed by atoms with Crippen LogP contribution >= 0.6 is 0 Å². The normalized spacial score (nSPS) is 32.5. The second-order valence-corrected chi connectivity index (χ2v) is 10.3. The molecule has 2 aliphatic rings. The average Bonchev–Trinajstić information content (AvgIpc) is 2.98. The van der Waals surface area contributed by atoms with E-state index in [2.05, 4.69) is 0 Å². The van der Waals surface area contributed by atoms with Crippen LogP contribution in [0.3, 0.4) is 0 Å². The summed E-state index contributed by atoms with van der Waals surface area (Å²) in [6.45, 7) is -1.42. The monoisotopic (exact) mass is 626 g/mol. The molecule has 2 saturated heterocycles. The Labute approximate surface area is 246 Å². The van der Waals surface area contributed by atoms with E-state index >= 15 is 0 Å². The summed E-state index contributed by atoms with van der Waals surface area (Å²) in [5.41, 5.74) is -1.41. The lowest BCUT2D eigenvalue weighted by Crippen LogP contribution is -2.62. The van der Waals surface area contributed by atoms with Crippen LogP contribution in [0.5, 0.6) is 28.7 Å². The number of phenolic OH excluding ortho intramolecular Hbond substituents is 4. The van der Waals surface area contributed by atoms with Crippen molar-refractivity contribution >= 4 is 11.0 Å². The third-order valence-corrected chi connectivity index (χ3v) is 7.33. The number of rotatable bonds is 7. The summed E-state index contributed by atoms with van der Waals surface area (Å²) in [5.74, 6) is -3.44. The van der Waals surface area contributed by atoms with Gasteiger partial charge in [-0.05, 0) is 18.2 Å². The molecule has 0 saturated carbocycles. The first-order valence-corrected chi connectivity index (χ1v) is 13.2. The van der Waals surface area contributed by atoms with Gasteiger partial charge in [-0.25, -0.2) is 0 Å². The minimum absolute atomic E-state index is 0.0504. The largest absolute Gasteiger partial charge is 0.508 e. The molecule has 10 atom stereocenters. The smallest absolute Gasteiger partial charge is 0.239 e. The molecule has 3 heterocycles. The quantitative estimate of drug-likeness (QED) is 0.119. The van der Waals surface area contributed by atoms with Gasteiger partial charge in [0.25, 0.3) is 0 Å². The maximum absolute atomic E-state index is 13.6. The average molecular weight is 627 g/mol. The highest BCUT2D eigenvalue weighted by atomic mass is 16.7. The SMILES string of the molecule is O=c1c(O[C@H]2O[C@H](CO[C@H]3O[C@H](CO)[C@H](O)[C@H](O)[C@H]3O)[C@H](O)[C@H](O)[C@H]2O)c(-c2ccc(O)c(O)c2)oc2cc(O)cc(O)c12. The van der Waals surface area contributed by atoms with Crippen LogP contribution in [0, 0.1) is 0 Å². The molecule has 17 heteroatoms. The molecule has 3 aromatic rings. The molecule has 2 aliphatic heterocycles. The van der Waals surface area contributed by atoms with Crippen molar-refractivity contribution in [2.45, 2.75) is 61.4 Å². The Hall–Kier alpha value is -3.75. The number of fused-ring (bicyclic) bond motifs is 1. The van der Waals surface area contributed by atoms with Gasteiger partial charge >= 0.3 is 0 Å². The number of aromatic hydroxyl groups is 4. The van der Waals surface area contributed by atoms with Gasteiger partial charge in [-0.2, -0.15) is 0 Å². The first kappa shape index (κ1) is 31.7. The van der Waals surface area contributed by atoms with E-state index in [1.807, 2.05) is 0 Å². The van der Waals surface area contributed by atoms with Crippen LogP contribution in [0.25, 0.3) is 22.3 Å². The van der Waals surface area contributed by atoms with E-state index in [1.54, 1.807) is 0 Å². The molecule has 44 heavy (non-hydrogen) atoms. The van der Waals surface area contributed by atoms with E-state index in [-0.39, 0.29) is 11.1 Å². The van der Waals surface area contributed by atoms with Crippen molar-refractivity contribution in [3.05, 3.63) is 40.6 Å². The molecule has 1 aromatic heterocycles. The summed E-state index contributed by atoms with van der Waals surface area (Å²) >= 11 is 0. The third-order valence-electron chi connectivity index (χ3n) is 7.33. The highest BCUT2D eigenvalue weighted by Crippen LogP contribution is 2.39. The number of ether oxygens (including phenoxy) is 4. The molecule has 0 bridgehead atoms. The summed E-state index contributed by atoms with van der Waals surface area (Å²) < 4.78 is 27.6. The Morgan fingerprint density at radius 2 is 1.34 bits per heavy atom. The van der Waals surface area contributed by atoms with Gasteiger partial charge in [-0.15, -0.1) is 0 Å². The van der Waals surface area contributed by atoms with Gasteiger partial charge in [0.05, 0.1) is 13.2 Å². The molecule has 0 spiro atoms. The van der Waals surface area contributed by atoms with Crippen molar-refractivity contribution in [2.75, 3.05) is 13.2 Å². The lowest BCUT2D eigenvalue weighted by molar-refractivity contribution is -0.323. The van der Waals surface area contributed by atoms with Crippen LogP contribution < -0.4 is 10.2 Å². The van der Waals surface area contributed by atoms with E-state index in [4.69, 9.17) is 23.4 Å². The van der Waals surface area contributed by atoms with Crippen LogP contribution in [0.4, 0.5) is 0 Å². The Morgan fingerprint density at radius 1 is 0.705 bits per heavy atom. The molecule has 240 valence electrons. The van der Waals surface area contributed by atoms with Crippen LogP contribution in [-0.2, 0) is 14.2 Å². The van der Waals surface area contributed by atoms with Crippen molar-refractivity contribution in [1.82, 2.24) is 0 Å². The number of benzene rings is 2. The second kappa shape index (κ2) is 12.3. The van der Waals surface area contributed by atoms with Gasteiger partial charge < -0.3 is 79.5 Å². The lowest BCUT2D eigenvalue weighted by atomic mass is 9.98. The summed E-state index contributed by atoms with van der Waals surface area (Å²) in [7, 11) is 0. The van der Waals surface area contributed by atoms with Gasteiger partial charge in [-0.1, -0.05) is 0 Å². The predicted octanol–water partition coefficient (Wildman–Crippen LogP) is -2.71. The van der Waals surface area contributed by atoms with E-state index in [0.717, 1.165) is 24.3 Å². The molecule has 2 fully saturated rings. The standard InChI is InChI=1S/C27H30O17/c28-6-14-17(33)20(36)22(38)26(42-14)40-7-15-18(34)21(37)23(39)27(43-15)44-25-19(35)16-12(32)4-9(29)5-13(16)41-24(25)8-1-2-10(30)11(31)3-8/h1-5,14-15,17-18,20-23,26-34,36-39H,6-7H2/t14-,15-,17+,18+,20+,21+,22-,23-,26+,27-/m1/s1. The van der Waals surface area contributed by atoms with Crippen LogP contribution in [0.2, 0.25) is 0 Å². The van der Waals surface area contributed by atoms with Gasteiger partial charge in [0.15, 0.2) is 23.5 Å². The molecule has 17 nitrogen and oxygen atoms in total. The molecular formula is C27H30O17. The summed E-state index contributed by atoms with van der Waals surface area (Å²) in [6, 6.07) is 5.17. The molecule has 0 unspecified atom stereocenters. The van der Waals surface area contributed by atoms with Gasteiger partial charge in [0.1, 0.15) is 71.3 Å². The summed E-state index contributed by atoms with van der Waals surface area (Å²) in [6.07, 6.45) is -17.4. The van der Waals surface area contributed by atoms with Crippen LogP contribution in [-0.4, -0.2) is 131 Å². The number of hydrogen-bond donors (Lipinski definition) is 11. The topological polar surface area (TPSA) is 290 Å². The van der Waals surface area contributed by atoms with Crippen molar-refractivity contribution in [3.63, 3.8) is 0 Å². The maximum atomic E-state index is 13.6. The van der Waals surface area contributed by atoms with Crippen molar-refractivity contribution in [3.8, 4) is 40.1 Å². The summed E-state index contributed by atoms with van der Waals surface area (Å²) in [5, 5.41) is 111. The molecule has 0 radical (unpaired) electrons. The highest BCUT2D eigenvalue weighted by molar-refractivity contribution is 5.88. The number of aliphatic hydroxyl groups excluding tert-OH is 7. The van der Waals surface area contributed by atoms with Gasteiger partial charge in [-0.3, -0.25) is 4.79 Å².